The third-order valence-corrected chi connectivity index (χ3v) is 5.27. The highest BCUT2D eigenvalue weighted by atomic mass is 32.2. The molecule has 1 amide bonds. The molecule has 148 valence electrons. The van der Waals surface area contributed by atoms with E-state index >= 15 is 0 Å². The number of fused-ring (bicyclic) bond motifs is 1. The summed E-state index contributed by atoms with van der Waals surface area (Å²) < 4.78 is 3.85. The fourth-order valence-electron chi connectivity index (χ4n) is 3.51. The fourth-order valence-corrected chi connectivity index (χ4v) is 3.99. The number of aryl methyl sites for hydroxylation is 2. The molecule has 0 aliphatic heterocycles. The van der Waals surface area contributed by atoms with Gasteiger partial charge in [-0.1, -0.05) is 24.3 Å². The Kier molecular flexibility index (Phi) is 5.40. The molecule has 0 bridgehead atoms. The van der Waals surface area contributed by atoms with E-state index in [1.807, 2.05) is 83.9 Å². The van der Waals surface area contributed by atoms with Crippen molar-refractivity contribution >= 4 is 34.4 Å². The van der Waals surface area contributed by atoms with E-state index in [1.54, 1.807) is 11.8 Å². The van der Waals surface area contributed by atoms with Gasteiger partial charge in [0.15, 0.2) is 0 Å². The lowest BCUT2D eigenvalue weighted by Gasteiger charge is -2.14. The Bertz CT molecular complexity index is 1180. The lowest BCUT2D eigenvalue weighted by Crippen LogP contribution is -2.21. The number of thioether (sulfide) groups is 1. The van der Waals surface area contributed by atoms with Gasteiger partial charge in [-0.15, -0.1) is 0 Å². The number of imidazole rings is 1. The van der Waals surface area contributed by atoms with Gasteiger partial charge in [0, 0.05) is 5.69 Å². The van der Waals surface area contributed by atoms with Crippen molar-refractivity contribution in [3.8, 4) is 5.69 Å². The zero-order valence-electron chi connectivity index (χ0n) is 16.7. The van der Waals surface area contributed by atoms with Crippen molar-refractivity contribution in [1.29, 1.82) is 0 Å². The van der Waals surface area contributed by atoms with Crippen LogP contribution in [0.25, 0.3) is 16.7 Å². The minimum Gasteiger partial charge on any atom is -0.323 e. The van der Waals surface area contributed by atoms with Crippen molar-refractivity contribution in [3.63, 3.8) is 0 Å². The number of anilines is 1. The number of benzene rings is 2. The van der Waals surface area contributed by atoms with E-state index in [1.165, 1.54) is 0 Å². The highest BCUT2D eigenvalue weighted by molar-refractivity contribution is 7.97. The molecule has 0 atom stereocenters. The van der Waals surface area contributed by atoms with Crippen LogP contribution in [-0.4, -0.2) is 31.5 Å². The summed E-state index contributed by atoms with van der Waals surface area (Å²) >= 11 is 1.69. The number of nitrogens with zero attached hydrogens (tertiary/aromatic N) is 4. The number of nitrogens with one attached hydrogen (secondary N) is 1. The molecule has 0 radical (unpaired) electrons. The molecule has 7 heteroatoms. The summed E-state index contributed by atoms with van der Waals surface area (Å²) in [4.78, 5) is 17.6. The first kappa shape index (κ1) is 19.3. The van der Waals surface area contributed by atoms with Crippen LogP contribution in [0.2, 0.25) is 0 Å². The second-order valence-electron chi connectivity index (χ2n) is 6.94. The van der Waals surface area contributed by atoms with E-state index in [9.17, 15) is 4.79 Å². The third kappa shape index (κ3) is 3.91. The number of carbonyl (C=O) groups is 1. The van der Waals surface area contributed by atoms with Crippen LogP contribution in [0.1, 0.15) is 17.2 Å². The van der Waals surface area contributed by atoms with Crippen LogP contribution in [0.15, 0.2) is 54.6 Å². The van der Waals surface area contributed by atoms with Gasteiger partial charge in [0.1, 0.15) is 12.4 Å². The van der Waals surface area contributed by atoms with E-state index in [0.29, 0.717) is 0 Å². The number of hydrogen-bond acceptors (Lipinski definition) is 4. The number of aromatic nitrogens is 4. The van der Waals surface area contributed by atoms with Crippen molar-refractivity contribution in [2.24, 2.45) is 0 Å². The van der Waals surface area contributed by atoms with Gasteiger partial charge in [0.05, 0.1) is 33.9 Å². The molecule has 0 aliphatic carbocycles. The van der Waals surface area contributed by atoms with Gasteiger partial charge in [-0.25, -0.2) is 9.67 Å². The zero-order valence-corrected chi connectivity index (χ0v) is 17.5. The van der Waals surface area contributed by atoms with Crippen LogP contribution in [-0.2, 0) is 17.1 Å². The summed E-state index contributed by atoms with van der Waals surface area (Å²) in [5, 5.41) is 7.61. The quantitative estimate of drug-likeness (QED) is 0.518. The molecule has 4 rings (SSSR count). The van der Waals surface area contributed by atoms with Gasteiger partial charge in [0.25, 0.3) is 0 Å². The predicted octanol–water partition coefficient (Wildman–Crippen LogP) is 4.34. The average molecular weight is 406 g/mol. The van der Waals surface area contributed by atoms with E-state index < -0.39 is 0 Å². The van der Waals surface area contributed by atoms with Crippen LogP contribution in [0.3, 0.4) is 0 Å². The molecule has 0 spiro atoms. The molecule has 2 heterocycles. The first-order valence-electron chi connectivity index (χ1n) is 9.42. The molecule has 29 heavy (non-hydrogen) atoms. The van der Waals surface area contributed by atoms with E-state index in [4.69, 9.17) is 4.98 Å². The Morgan fingerprint density at radius 2 is 1.86 bits per heavy atom. The van der Waals surface area contributed by atoms with Crippen LogP contribution in [0.5, 0.6) is 0 Å². The Hall–Kier alpha value is -3.06. The SMILES string of the molecule is CSCc1nc2ccccc2n1CC(=O)Nc1ccccc1-n1nc(C)cc1C. The lowest BCUT2D eigenvalue weighted by atomic mass is 10.2. The number of para-hydroxylation sites is 4. The van der Waals surface area contributed by atoms with E-state index in [0.717, 1.165) is 45.4 Å². The predicted molar refractivity (Wildman–Crippen MR) is 119 cm³/mol. The molecule has 0 saturated carbocycles. The van der Waals surface area contributed by atoms with Crippen LogP contribution < -0.4 is 5.32 Å². The fraction of sp³-hybridized carbons (Fsp3) is 0.227. The number of hydrogen-bond donors (Lipinski definition) is 1. The third-order valence-electron chi connectivity index (χ3n) is 4.72. The normalized spacial score (nSPS) is 11.1. The maximum Gasteiger partial charge on any atom is 0.244 e. The van der Waals surface area contributed by atoms with Gasteiger partial charge in [-0.3, -0.25) is 4.79 Å². The summed E-state index contributed by atoms with van der Waals surface area (Å²) in [5.41, 5.74) is 5.43. The minimum absolute atomic E-state index is 0.0931. The highest BCUT2D eigenvalue weighted by Crippen LogP contribution is 2.23. The first-order valence-corrected chi connectivity index (χ1v) is 10.8. The minimum atomic E-state index is -0.0931. The summed E-state index contributed by atoms with van der Waals surface area (Å²) in [6, 6.07) is 17.7. The number of rotatable bonds is 6. The standard InChI is InChI=1S/C22H23N5OS/c1-15-12-16(2)27(25-15)20-11-7-5-9-18(20)24-22(28)13-26-19-10-6-4-8-17(19)23-21(26)14-29-3/h4-12H,13-14H2,1-3H3,(H,24,28). The van der Waals surface area contributed by atoms with Gasteiger partial charge in [0.2, 0.25) is 5.91 Å². The molecule has 0 saturated heterocycles. The summed E-state index contributed by atoms with van der Waals surface area (Å²) in [6.07, 6.45) is 2.04. The molecule has 2 aromatic heterocycles. The van der Waals surface area contributed by atoms with Crippen molar-refractivity contribution in [1.82, 2.24) is 19.3 Å². The van der Waals surface area contributed by atoms with Crippen LogP contribution in [0, 0.1) is 13.8 Å². The van der Waals surface area contributed by atoms with Crippen LogP contribution >= 0.6 is 11.8 Å². The monoisotopic (exact) mass is 405 g/mol. The Morgan fingerprint density at radius 3 is 2.62 bits per heavy atom. The van der Waals surface area contributed by atoms with Crippen LogP contribution in [0.4, 0.5) is 5.69 Å². The molecular weight excluding hydrogens is 382 g/mol. The van der Waals surface area contributed by atoms with Gasteiger partial charge >= 0.3 is 0 Å². The van der Waals surface area contributed by atoms with Crippen molar-refractivity contribution in [2.75, 3.05) is 11.6 Å². The summed E-state index contributed by atoms with van der Waals surface area (Å²) in [7, 11) is 0. The number of carbonyl (C=O) groups excluding carboxylic acids is 1. The van der Waals surface area contributed by atoms with Crippen molar-refractivity contribution in [2.45, 2.75) is 26.1 Å². The summed E-state index contributed by atoms with van der Waals surface area (Å²) in [6.45, 7) is 4.18. The maximum absolute atomic E-state index is 13.0. The van der Waals surface area contributed by atoms with E-state index in [2.05, 4.69) is 10.4 Å². The Morgan fingerprint density at radius 1 is 1.10 bits per heavy atom. The molecule has 0 unspecified atom stereocenters. The highest BCUT2D eigenvalue weighted by Gasteiger charge is 2.15. The van der Waals surface area contributed by atoms with Gasteiger partial charge in [-0.05, 0) is 50.4 Å². The average Bonchev–Trinajstić information content (AvgIpc) is 3.22. The lowest BCUT2D eigenvalue weighted by molar-refractivity contribution is -0.116. The molecular formula is C22H23N5OS. The molecule has 1 N–H and O–H groups in total. The summed E-state index contributed by atoms with van der Waals surface area (Å²) in [5.74, 6) is 1.56. The molecule has 0 fully saturated rings. The van der Waals surface area contributed by atoms with Gasteiger partial charge in [-0.2, -0.15) is 16.9 Å². The second kappa shape index (κ2) is 8.13. The Balaban J connectivity index is 1.63. The zero-order chi connectivity index (χ0) is 20.4. The molecule has 0 aliphatic rings. The van der Waals surface area contributed by atoms with Crippen molar-refractivity contribution in [3.05, 3.63) is 71.8 Å². The first-order chi connectivity index (χ1) is 14.1. The second-order valence-corrected chi connectivity index (χ2v) is 7.81. The van der Waals surface area contributed by atoms with Gasteiger partial charge < -0.3 is 9.88 Å². The molecule has 2 aromatic carbocycles. The smallest absolute Gasteiger partial charge is 0.244 e. The molecule has 4 aromatic rings. The Labute approximate surface area is 173 Å². The largest absolute Gasteiger partial charge is 0.323 e. The molecule has 6 nitrogen and oxygen atoms in total. The topological polar surface area (TPSA) is 64.7 Å². The number of amides is 1. The maximum atomic E-state index is 13.0. The van der Waals surface area contributed by atoms with Crippen molar-refractivity contribution < 1.29 is 4.79 Å². The van der Waals surface area contributed by atoms with E-state index in [-0.39, 0.29) is 12.5 Å².